The highest BCUT2D eigenvalue weighted by molar-refractivity contribution is 9.10. The lowest BCUT2D eigenvalue weighted by Crippen LogP contribution is -2.49. The van der Waals surface area contributed by atoms with E-state index < -0.39 is 11.6 Å². The number of rotatable bonds is 7. The zero-order chi connectivity index (χ0) is 28.3. The molecule has 0 unspecified atom stereocenters. The van der Waals surface area contributed by atoms with E-state index in [0.717, 1.165) is 16.1 Å². The highest BCUT2D eigenvalue weighted by atomic mass is 79.9. The first-order valence-electron chi connectivity index (χ1n) is 13.1. The number of amides is 1. The topological polar surface area (TPSA) is 84.2 Å². The molecule has 10 heteroatoms. The summed E-state index contributed by atoms with van der Waals surface area (Å²) in [6.07, 6.45) is -0.317. The molecule has 39 heavy (non-hydrogen) atoms. The Morgan fingerprint density at radius 1 is 1.10 bits per heavy atom. The molecule has 1 N–H and O–H groups in total. The first kappa shape index (κ1) is 29.3. The Balaban J connectivity index is 1.67. The molecule has 3 aromatic rings. The molecule has 8 nitrogen and oxygen atoms in total. The number of piperazine rings is 1. The van der Waals surface area contributed by atoms with Crippen LogP contribution in [0.4, 0.5) is 4.79 Å². The minimum atomic E-state index is -0.546. The molecular weight excluding hydrogens is 582 g/mol. The highest BCUT2D eigenvalue weighted by Crippen LogP contribution is 2.41. The Morgan fingerprint density at radius 3 is 2.38 bits per heavy atom. The van der Waals surface area contributed by atoms with E-state index in [0.29, 0.717) is 59.5 Å². The largest absolute Gasteiger partial charge is 0.506 e. The molecule has 210 valence electrons. The Kier molecular flexibility index (Phi) is 9.18. The maximum Gasteiger partial charge on any atom is 0.410 e. The van der Waals surface area contributed by atoms with Gasteiger partial charge in [-0.2, -0.15) is 0 Å². The third kappa shape index (κ3) is 6.73. The van der Waals surface area contributed by atoms with Crippen molar-refractivity contribution in [2.75, 3.05) is 32.8 Å². The minimum Gasteiger partial charge on any atom is -0.506 e. The molecule has 1 aliphatic heterocycles. The number of aryl methyl sites for hydroxylation is 1. The number of hydrogen-bond acceptors (Lipinski definition) is 7. The van der Waals surface area contributed by atoms with Crippen LogP contribution in [0.25, 0.3) is 10.9 Å². The second-order valence-corrected chi connectivity index (χ2v) is 12.4. The summed E-state index contributed by atoms with van der Waals surface area (Å²) < 4.78 is 13.6. The molecule has 1 saturated heterocycles. The quantitative estimate of drug-likeness (QED) is 0.251. The summed E-state index contributed by atoms with van der Waals surface area (Å²) in [5.74, 6) is 0.274. The average Bonchev–Trinajstić information content (AvgIpc) is 3.16. The van der Waals surface area contributed by atoms with Crippen molar-refractivity contribution in [3.05, 3.63) is 57.7 Å². The fourth-order valence-electron chi connectivity index (χ4n) is 4.73. The molecule has 0 bridgehead atoms. The maximum absolute atomic E-state index is 13.4. The fourth-order valence-corrected chi connectivity index (χ4v) is 6.18. The van der Waals surface area contributed by atoms with E-state index >= 15 is 0 Å². The number of thioether (sulfide) groups is 1. The summed E-state index contributed by atoms with van der Waals surface area (Å²) in [7, 11) is 1.94. The van der Waals surface area contributed by atoms with Crippen molar-refractivity contribution in [3.63, 3.8) is 0 Å². The van der Waals surface area contributed by atoms with Crippen LogP contribution in [0.1, 0.15) is 49.3 Å². The molecule has 0 saturated carbocycles. The molecule has 0 atom stereocenters. The van der Waals surface area contributed by atoms with Gasteiger partial charge in [-0.3, -0.25) is 4.90 Å². The van der Waals surface area contributed by atoms with Gasteiger partial charge in [0.25, 0.3) is 0 Å². The van der Waals surface area contributed by atoms with Crippen molar-refractivity contribution in [2.45, 2.75) is 50.5 Å². The van der Waals surface area contributed by atoms with Crippen LogP contribution >= 0.6 is 27.7 Å². The number of fused-ring (bicyclic) bond motifs is 1. The molecule has 1 amide bonds. The van der Waals surface area contributed by atoms with Gasteiger partial charge < -0.3 is 24.0 Å². The number of benzene rings is 2. The monoisotopic (exact) mass is 617 g/mol. The molecule has 1 fully saturated rings. The predicted octanol–water partition coefficient (Wildman–Crippen LogP) is 6.17. The van der Waals surface area contributed by atoms with Gasteiger partial charge in [0.1, 0.15) is 11.4 Å². The standard InChI is InChI=1S/C29H36BrN3O5S/c1-6-37-27(35)25-23(18-39-19-10-8-7-9-11-19)31(5)22-16-21(30)26(34)20(24(22)25)17-32-12-14-33(15-13-32)28(36)38-29(2,3)4/h7-11,16,34H,6,12-15,17-18H2,1-5H3. The van der Waals surface area contributed by atoms with E-state index in [4.69, 9.17) is 9.47 Å². The molecule has 4 rings (SSSR count). The third-order valence-electron chi connectivity index (χ3n) is 6.64. The van der Waals surface area contributed by atoms with Gasteiger partial charge in [-0.15, -0.1) is 11.8 Å². The Morgan fingerprint density at radius 2 is 1.77 bits per heavy atom. The van der Waals surface area contributed by atoms with E-state index in [2.05, 4.69) is 20.8 Å². The number of halogens is 1. The summed E-state index contributed by atoms with van der Waals surface area (Å²) in [5, 5.41) is 11.9. The summed E-state index contributed by atoms with van der Waals surface area (Å²) >= 11 is 5.17. The molecule has 1 aromatic heterocycles. The summed E-state index contributed by atoms with van der Waals surface area (Å²) in [6, 6.07) is 11.9. The van der Waals surface area contributed by atoms with Crippen LogP contribution in [0.5, 0.6) is 5.75 Å². The molecule has 1 aliphatic rings. The number of aromatic nitrogens is 1. The van der Waals surface area contributed by atoms with Crippen molar-refractivity contribution in [1.82, 2.24) is 14.4 Å². The van der Waals surface area contributed by atoms with Gasteiger partial charge in [-0.25, -0.2) is 9.59 Å². The second kappa shape index (κ2) is 12.2. The average molecular weight is 619 g/mol. The van der Waals surface area contributed by atoms with Crippen LogP contribution in [-0.4, -0.2) is 69.9 Å². The van der Waals surface area contributed by atoms with Gasteiger partial charge in [-0.05, 0) is 61.8 Å². The highest BCUT2D eigenvalue weighted by Gasteiger charge is 2.30. The third-order valence-corrected chi connectivity index (χ3v) is 8.27. The number of ether oxygens (including phenoxy) is 2. The van der Waals surface area contributed by atoms with Crippen LogP contribution in [0, 0.1) is 0 Å². The summed E-state index contributed by atoms with van der Waals surface area (Å²) in [4.78, 5) is 30.9. The van der Waals surface area contributed by atoms with Crippen molar-refractivity contribution >= 4 is 50.7 Å². The first-order valence-corrected chi connectivity index (χ1v) is 14.8. The van der Waals surface area contributed by atoms with Crippen LogP contribution in [0.15, 0.2) is 45.8 Å². The van der Waals surface area contributed by atoms with Crippen molar-refractivity contribution in [1.29, 1.82) is 0 Å². The van der Waals surface area contributed by atoms with E-state index in [-0.39, 0.29) is 18.4 Å². The first-order chi connectivity index (χ1) is 18.5. The number of aromatic hydroxyl groups is 1. The maximum atomic E-state index is 13.4. The van der Waals surface area contributed by atoms with Crippen molar-refractivity contribution < 1.29 is 24.2 Å². The molecule has 0 aliphatic carbocycles. The zero-order valence-corrected chi connectivity index (χ0v) is 25.5. The van der Waals surface area contributed by atoms with E-state index in [1.807, 2.05) is 68.8 Å². The Labute approximate surface area is 242 Å². The van der Waals surface area contributed by atoms with Crippen LogP contribution in [0.3, 0.4) is 0 Å². The van der Waals surface area contributed by atoms with Gasteiger partial charge in [0, 0.05) is 67.1 Å². The predicted molar refractivity (Wildman–Crippen MR) is 157 cm³/mol. The number of nitrogens with zero attached hydrogens (tertiary/aromatic N) is 3. The van der Waals surface area contributed by atoms with Crippen molar-refractivity contribution in [2.24, 2.45) is 7.05 Å². The van der Waals surface area contributed by atoms with Crippen LogP contribution < -0.4 is 0 Å². The van der Waals surface area contributed by atoms with Gasteiger partial charge in [-0.1, -0.05) is 18.2 Å². The summed E-state index contributed by atoms with van der Waals surface area (Å²) in [5.41, 5.74) is 2.29. The Bertz CT molecular complexity index is 1340. The van der Waals surface area contributed by atoms with E-state index in [1.54, 1.807) is 23.6 Å². The Hall–Kier alpha value is -2.69. The molecule has 2 heterocycles. The number of phenolic OH excluding ortho intramolecular Hbond substituents is 1. The molecule has 0 spiro atoms. The smallest absolute Gasteiger partial charge is 0.410 e. The fraction of sp³-hybridized carbons (Fsp3) is 0.448. The summed E-state index contributed by atoms with van der Waals surface area (Å²) in [6.45, 7) is 10.3. The zero-order valence-electron chi connectivity index (χ0n) is 23.1. The van der Waals surface area contributed by atoms with Gasteiger partial charge in [0.2, 0.25) is 0 Å². The second-order valence-electron chi connectivity index (χ2n) is 10.5. The number of carbonyl (C=O) groups excluding carboxylic acids is 2. The van der Waals surface area contributed by atoms with Crippen LogP contribution in [0.2, 0.25) is 0 Å². The molecular formula is C29H36BrN3O5S. The lowest BCUT2D eigenvalue weighted by atomic mass is 10.0. The lowest BCUT2D eigenvalue weighted by Gasteiger charge is -2.35. The van der Waals surface area contributed by atoms with E-state index in [1.165, 1.54) is 0 Å². The lowest BCUT2D eigenvalue weighted by molar-refractivity contribution is 0.0138. The normalized spacial score (nSPS) is 14.6. The van der Waals surface area contributed by atoms with Gasteiger partial charge in [0.15, 0.2) is 0 Å². The molecule has 0 radical (unpaired) electrons. The number of phenols is 1. The SMILES string of the molecule is CCOC(=O)c1c(CSc2ccccc2)n(C)c2cc(Br)c(O)c(CN3CCN(C(=O)OC(C)(C)C)CC3)c12. The van der Waals surface area contributed by atoms with Gasteiger partial charge in [0.05, 0.1) is 22.2 Å². The number of esters is 1. The van der Waals surface area contributed by atoms with E-state index in [9.17, 15) is 14.7 Å². The van der Waals surface area contributed by atoms with Crippen molar-refractivity contribution in [3.8, 4) is 5.75 Å². The van der Waals surface area contributed by atoms with Gasteiger partial charge >= 0.3 is 12.1 Å². The molecule has 2 aromatic carbocycles. The van der Waals surface area contributed by atoms with Crippen LogP contribution in [-0.2, 0) is 28.8 Å². The minimum absolute atomic E-state index is 0.107. The number of hydrogen-bond donors (Lipinski definition) is 1. The number of carbonyl (C=O) groups is 2.